The number of likely N-dealkylation sites (tertiary alicyclic amines) is 1. The van der Waals surface area contributed by atoms with E-state index in [4.69, 9.17) is 10.5 Å². The molecule has 1 heterocycles. The number of hydrogen-bond donors (Lipinski definition) is 1. The predicted molar refractivity (Wildman–Crippen MR) is 92.3 cm³/mol. The van der Waals surface area contributed by atoms with Gasteiger partial charge in [0.05, 0.1) is 0 Å². The fraction of sp³-hybridized carbons (Fsp3) is 0.667. The van der Waals surface area contributed by atoms with Crippen molar-refractivity contribution in [3.63, 3.8) is 0 Å². The first kappa shape index (κ1) is 17.3. The van der Waals surface area contributed by atoms with Gasteiger partial charge in [-0.05, 0) is 63.6 Å². The fourth-order valence-electron chi connectivity index (χ4n) is 2.97. The number of hydrogen-bond acceptors (Lipinski definition) is 4. The van der Waals surface area contributed by atoms with E-state index in [1.807, 2.05) is 0 Å². The molecule has 1 aromatic carbocycles. The lowest BCUT2D eigenvalue weighted by Crippen LogP contribution is -2.39. The van der Waals surface area contributed by atoms with Crippen molar-refractivity contribution in [3.8, 4) is 5.75 Å². The van der Waals surface area contributed by atoms with Crippen LogP contribution in [0.2, 0.25) is 0 Å². The lowest BCUT2D eigenvalue weighted by molar-refractivity contribution is 0.141. The average Bonchev–Trinajstić information content (AvgIpc) is 2.51. The van der Waals surface area contributed by atoms with Crippen LogP contribution >= 0.6 is 0 Å². The minimum Gasteiger partial charge on any atom is -0.492 e. The Balaban J connectivity index is 1.92. The second-order valence-corrected chi connectivity index (χ2v) is 6.69. The third-order valence-electron chi connectivity index (χ3n) is 4.55. The largest absolute Gasteiger partial charge is 0.492 e. The molecule has 0 radical (unpaired) electrons. The predicted octanol–water partition coefficient (Wildman–Crippen LogP) is 2.36. The standard InChI is InChI=1S/C18H31N3O/c1-15-8-10-21(11-9-15)18(14-19)16-4-6-17(7-5-16)22-13-12-20(2)3/h4-7,15,18H,8-14,19H2,1-3H3. The highest BCUT2D eigenvalue weighted by Gasteiger charge is 2.23. The number of rotatable bonds is 7. The molecule has 0 bridgehead atoms. The Hall–Kier alpha value is -1.10. The summed E-state index contributed by atoms with van der Waals surface area (Å²) in [4.78, 5) is 4.65. The summed E-state index contributed by atoms with van der Waals surface area (Å²) in [5, 5.41) is 0. The van der Waals surface area contributed by atoms with Crippen LogP contribution in [0.3, 0.4) is 0 Å². The molecule has 0 spiro atoms. The van der Waals surface area contributed by atoms with Crippen molar-refractivity contribution in [2.24, 2.45) is 11.7 Å². The Morgan fingerprint density at radius 3 is 2.41 bits per heavy atom. The van der Waals surface area contributed by atoms with Gasteiger partial charge in [-0.2, -0.15) is 0 Å². The van der Waals surface area contributed by atoms with Gasteiger partial charge in [0.15, 0.2) is 0 Å². The second kappa shape index (κ2) is 8.51. The van der Waals surface area contributed by atoms with E-state index in [2.05, 4.69) is 55.1 Å². The zero-order valence-electron chi connectivity index (χ0n) is 14.3. The molecule has 22 heavy (non-hydrogen) atoms. The molecule has 124 valence electrons. The number of piperidine rings is 1. The zero-order valence-corrected chi connectivity index (χ0v) is 14.3. The first-order valence-corrected chi connectivity index (χ1v) is 8.41. The lowest BCUT2D eigenvalue weighted by atomic mass is 9.96. The van der Waals surface area contributed by atoms with Crippen LogP contribution in [0, 0.1) is 5.92 Å². The first-order chi connectivity index (χ1) is 10.6. The van der Waals surface area contributed by atoms with Crippen LogP contribution in [0.25, 0.3) is 0 Å². The molecule has 0 saturated carbocycles. The van der Waals surface area contributed by atoms with Gasteiger partial charge in [-0.25, -0.2) is 0 Å². The van der Waals surface area contributed by atoms with Gasteiger partial charge in [0.1, 0.15) is 12.4 Å². The zero-order chi connectivity index (χ0) is 15.9. The third-order valence-corrected chi connectivity index (χ3v) is 4.55. The highest BCUT2D eigenvalue weighted by atomic mass is 16.5. The molecule has 1 fully saturated rings. The second-order valence-electron chi connectivity index (χ2n) is 6.69. The first-order valence-electron chi connectivity index (χ1n) is 8.41. The molecule has 1 aliphatic rings. The molecular weight excluding hydrogens is 274 g/mol. The molecule has 0 aliphatic carbocycles. The van der Waals surface area contributed by atoms with Crippen molar-refractivity contribution in [1.29, 1.82) is 0 Å². The van der Waals surface area contributed by atoms with E-state index in [0.717, 1.165) is 37.9 Å². The van der Waals surface area contributed by atoms with Gasteiger partial charge in [-0.1, -0.05) is 19.1 Å². The summed E-state index contributed by atoms with van der Waals surface area (Å²) >= 11 is 0. The molecule has 4 heteroatoms. The maximum absolute atomic E-state index is 6.04. The van der Waals surface area contributed by atoms with E-state index < -0.39 is 0 Å². The summed E-state index contributed by atoms with van der Waals surface area (Å²) in [6.45, 7) is 6.98. The van der Waals surface area contributed by atoms with Crippen molar-refractivity contribution >= 4 is 0 Å². The number of benzene rings is 1. The average molecular weight is 305 g/mol. The van der Waals surface area contributed by atoms with Crippen LogP contribution in [0.5, 0.6) is 5.75 Å². The summed E-state index contributed by atoms with van der Waals surface area (Å²) in [6, 6.07) is 8.81. The molecular formula is C18H31N3O. The Kier molecular flexibility index (Phi) is 6.68. The molecule has 4 nitrogen and oxygen atoms in total. The smallest absolute Gasteiger partial charge is 0.119 e. The van der Waals surface area contributed by atoms with Crippen molar-refractivity contribution in [1.82, 2.24) is 9.80 Å². The van der Waals surface area contributed by atoms with Crippen molar-refractivity contribution < 1.29 is 4.74 Å². The van der Waals surface area contributed by atoms with Gasteiger partial charge in [-0.15, -0.1) is 0 Å². The van der Waals surface area contributed by atoms with E-state index in [1.54, 1.807) is 0 Å². The molecule has 0 aromatic heterocycles. The van der Waals surface area contributed by atoms with Gasteiger partial charge >= 0.3 is 0 Å². The number of ether oxygens (including phenoxy) is 1. The summed E-state index contributed by atoms with van der Waals surface area (Å²) in [7, 11) is 4.11. The van der Waals surface area contributed by atoms with Crippen LogP contribution in [0.1, 0.15) is 31.4 Å². The molecule has 1 unspecified atom stereocenters. The quantitative estimate of drug-likeness (QED) is 0.840. The van der Waals surface area contributed by atoms with Crippen LogP contribution in [-0.4, -0.2) is 56.7 Å². The van der Waals surface area contributed by atoms with Gasteiger partial charge in [0, 0.05) is 19.1 Å². The minimum atomic E-state index is 0.336. The highest BCUT2D eigenvalue weighted by Crippen LogP contribution is 2.27. The number of likely N-dealkylation sites (N-methyl/N-ethyl adjacent to an activating group) is 1. The Morgan fingerprint density at radius 1 is 1.23 bits per heavy atom. The molecule has 0 amide bonds. The van der Waals surface area contributed by atoms with Crippen molar-refractivity contribution in [2.75, 3.05) is 46.9 Å². The van der Waals surface area contributed by atoms with Gasteiger partial charge in [0.25, 0.3) is 0 Å². The van der Waals surface area contributed by atoms with E-state index in [0.29, 0.717) is 12.6 Å². The summed E-state index contributed by atoms with van der Waals surface area (Å²) < 4.78 is 5.76. The van der Waals surface area contributed by atoms with Crippen molar-refractivity contribution in [3.05, 3.63) is 29.8 Å². The molecule has 2 rings (SSSR count). The molecule has 2 N–H and O–H groups in total. The van der Waals surface area contributed by atoms with Crippen molar-refractivity contribution in [2.45, 2.75) is 25.8 Å². The molecule has 1 aromatic rings. The number of nitrogens with two attached hydrogens (primary N) is 1. The molecule has 1 saturated heterocycles. The maximum Gasteiger partial charge on any atom is 0.119 e. The monoisotopic (exact) mass is 305 g/mol. The number of nitrogens with zero attached hydrogens (tertiary/aromatic N) is 2. The highest BCUT2D eigenvalue weighted by molar-refractivity contribution is 5.29. The van der Waals surface area contributed by atoms with Crippen LogP contribution in [0.4, 0.5) is 0 Å². The van der Waals surface area contributed by atoms with Crippen LogP contribution < -0.4 is 10.5 Å². The van der Waals surface area contributed by atoms with E-state index in [-0.39, 0.29) is 0 Å². The van der Waals surface area contributed by atoms with Gasteiger partial charge in [-0.3, -0.25) is 4.90 Å². The summed E-state index contributed by atoms with van der Waals surface area (Å²) in [5.74, 6) is 1.79. The third kappa shape index (κ3) is 4.97. The normalized spacial score (nSPS) is 18.6. The van der Waals surface area contributed by atoms with E-state index in [1.165, 1.54) is 18.4 Å². The minimum absolute atomic E-state index is 0.336. The lowest BCUT2D eigenvalue weighted by Gasteiger charge is -2.36. The Labute approximate surface area is 135 Å². The Morgan fingerprint density at radius 2 is 1.86 bits per heavy atom. The van der Waals surface area contributed by atoms with Gasteiger partial charge < -0.3 is 15.4 Å². The van der Waals surface area contributed by atoms with E-state index >= 15 is 0 Å². The van der Waals surface area contributed by atoms with Gasteiger partial charge in [0.2, 0.25) is 0 Å². The molecule has 1 aliphatic heterocycles. The maximum atomic E-state index is 6.04. The summed E-state index contributed by atoms with van der Waals surface area (Å²) in [5.41, 5.74) is 7.35. The van der Waals surface area contributed by atoms with E-state index in [9.17, 15) is 0 Å². The van der Waals surface area contributed by atoms with Crippen LogP contribution in [-0.2, 0) is 0 Å². The summed E-state index contributed by atoms with van der Waals surface area (Å²) in [6.07, 6.45) is 2.56. The fourth-order valence-corrected chi connectivity index (χ4v) is 2.97. The van der Waals surface area contributed by atoms with Crippen LogP contribution in [0.15, 0.2) is 24.3 Å². The molecule has 1 atom stereocenters. The SMILES string of the molecule is CC1CCN(C(CN)c2ccc(OCCN(C)C)cc2)CC1. The Bertz CT molecular complexity index is 424. The topological polar surface area (TPSA) is 41.7 Å².